The van der Waals surface area contributed by atoms with E-state index in [1.54, 1.807) is 0 Å². The van der Waals surface area contributed by atoms with E-state index in [-0.39, 0.29) is 23.9 Å². The van der Waals surface area contributed by atoms with Crippen molar-refractivity contribution in [2.24, 2.45) is 0 Å². The minimum absolute atomic E-state index is 0. The lowest BCUT2D eigenvalue weighted by Crippen LogP contribution is -2.29. The smallest absolute Gasteiger partial charge is 0.227 e. The van der Waals surface area contributed by atoms with Crippen LogP contribution in [0.5, 0.6) is 0 Å². The Bertz CT molecular complexity index is 498. The van der Waals surface area contributed by atoms with Crippen molar-refractivity contribution in [1.29, 1.82) is 0 Å². The molecule has 7 nitrogen and oxygen atoms in total. The third kappa shape index (κ3) is 2.11. The van der Waals surface area contributed by atoms with Crippen LogP contribution in [0.2, 0.25) is 0 Å². The topological polar surface area (TPSA) is 113 Å². The molecule has 0 amide bonds. The molecule has 104 valence electrons. The van der Waals surface area contributed by atoms with Gasteiger partial charge in [0.25, 0.3) is 0 Å². The molecule has 0 aromatic heterocycles. The summed E-state index contributed by atoms with van der Waals surface area (Å²) < 4.78 is 0. The normalized spacial score (nSPS) is 23.8. The van der Waals surface area contributed by atoms with Crippen LogP contribution in [-0.4, -0.2) is 65.5 Å². The molecule has 0 spiro atoms. The maximum atomic E-state index is 12.4. The quantitative estimate of drug-likeness (QED) is 0.522. The Hall–Kier alpha value is -1.86. The summed E-state index contributed by atoms with van der Waals surface area (Å²) in [4.78, 5) is 30.5. The zero-order valence-electron chi connectivity index (χ0n) is 10.9. The van der Waals surface area contributed by atoms with Gasteiger partial charge in [0.05, 0.1) is 5.70 Å². The van der Waals surface area contributed by atoms with Crippen LogP contribution in [0.3, 0.4) is 0 Å². The van der Waals surface area contributed by atoms with Crippen molar-refractivity contribution < 1.29 is 9.59 Å². The van der Waals surface area contributed by atoms with E-state index in [4.69, 9.17) is 0 Å². The third-order valence-corrected chi connectivity index (χ3v) is 3.49. The van der Waals surface area contributed by atoms with Crippen LogP contribution in [-0.2, 0) is 9.59 Å². The number of nitrogens with zero attached hydrogens (tertiary/aromatic N) is 3. The molecule has 0 saturated carbocycles. The fourth-order valence-corrected chi connectivity index (χ4v) is 2.28. The molecule has 3 fully saturated rings. The van der Waals surface area contributed by atoms with Gasteiger partial charge in [-0.05, 0) is 0 Å². The Morgan fingerprint density at radius 1 is 0.737 bits per heavy atom. The summed E-state index contributed by atoms with van der Waals surface area (Å²) in [6.45, 7) is 5.41. The average molecular weight is 265 g/mol. The van der Waals surface area contributed by atoms with E-state index in [0.717, 1.165) is 39.3 Å². The number of hydrogen-bond acceptors (Lipinski definition) is 7. The standard InChI is InChI=1S/C12H13N3O2.2H3N/c16-9-7-8(13-1-2-13)12(17)11(15-5-6-15)10(9)14-3-4-14;;/h7H,1-6H2;2*1H3. The van der Waals surface area contributed by atoms with Crippen LogP contribution in [0.25, 0.3) is 0 Å². The van der Waals surface area contributed by atoms with E-state index in [1.807, 2.05) is 14.7 Å². The molecule has 0 aromatic rings. The average Bonchev–Trinajstić information content (AvgIpc) is 3.13. The van der Waals surface area contributed by atoms with Gasteiger partial charge in [-0.3, -0.25) is 9.59 Å². The number of rotatable bonds is 3. The molecular weight excluding hydrogens is 246 g/mol. The number of Topliss-reactive ketones (excluding diaryl/α,β-unsaturated/α-hetero) is 1. The largest absolute Gasteiger partial charge is 0.365 e. The van der Waals surface area contributed by atoms with Gasteiger partial charge < -0.3 is 27.0 Å². The molecule has 3 aliphatic heterocycles. The Labute approximate surface area is 111 Å². The van der Waals surface area contributed by atoms with E-state index in [1.165, 1.54) is 6.08 Å². The fourth-order valence-electron chi connectivity index (χ4n) is 2.28. The van der Waals surface area contributed by atoms with Crippen LogP contribution in [0.15, 0.2) is 23.2 Å². The van der Waals surface area contributed by atoms with Crippen molar-refractivity contribution in [2.75, 3.05) is 39.3 Å². The first kappa shape index (κ1) is 13.6. The molecule has 19 heavy (non-hydrogen) atoms. The van der Waals surface area contributed by atoms with Crippen molar-refractivity contribution in [3.63, 3.8) is 0 Å². The number of allylic oxidation sites excluding steroid dienone is 1. The van der Waals surface area contributed by atoms with Gasteiger partial charge in [0.2, 0.25) is 11.6 Å². The highest BCUT2D eigenvalue weighted by Gasteiger charge is 2.43. The van der Waals surface area contributed by atoms with Crippen molar-refractivity contribution >= 4 is 11.6 Å². The van der Waals surface area contributed by atoms with Gasteiger partial charge in [-0.2, -0.15) is 0 Å². The maximum Gasteiger partial charge on any atom is 0.227 e. The highest BCUT2D eigenvalue weighted by molar-refractivity contribution is 6.22. The summed E-state index contributed by atoms with van der Waals surface area (Å²) in [5.41, 5.74) is 1.89. The second-order valence-electron chi connectivity index (χ2n) is 4.88. The van der Waals surface area contributed by atoms with E-state index in [0.29, 0.717) is 17.1 Å². The van der Waals surface area contributed by atoms with Crippen molar-refractivity contribution in [2.45, 2.75) is 0 Å². The molecule has 3 heterocycles. The molecule has 0 unspecified atom stereocenters. The molecule has 0 bridgehead atoms. The predicted octanol–water partition coefficient (Wildman–Crippen LogP) is -0.496. The van der Waals surface area contributed by atoms with Crippen LogP contribution in [0, 0.1) is 0 Å². The summed E-state index contributed by atoms with van der Waals surface area (Å²) in [5.74, 6) is 0.0485. The monoisotopic (exact) mass is 265 g/mol. The first-order valence-electron chi connectivity index (χ1n) is 6.05. The number of carbonyl (C=O) groups excluding carboxylic acids is 2. The van der Waals surface area contributed by atoms with Gasteiger partial charge in [-0.15, -0.1) is 0 Å². The summed E-state index contributed by atoms with van der Waals surface area (Å²) in [6, 6.07) is 0. The Morgan fingerprint density at radius 2 is 1.21 bits per heavy atom. The molecule has 0 atom stereocenters. The van der Waals surface area contributed by atoms with Gasteiger partial charge in [-0.25, -0.2) is 0 Å². The molecule has 6 N–H and O–H groups in total. The highest BCUT2D eigenvalue weighted by Crippen LogP contribution is 2.33. The molecule has 4 rings (SSSR count). The Morgan fingerprint density at radius 3 is 1.68 bits per heavy atom. The summed E-state index contributed by atoms with van der Waals surface area (Å²) in [5, 5.41) is 0. The van der Waals surface area contributed by atoms with Gasteiger partial charge >= 0.3 is 0 Å². The Kier molecular flexibility index (Phi) is 3.11. The number of carbonyl (C=O) groups is 2. The predicted molar refractivity (Wildman–Crippen MR) is 69.9 cm³/mol. The Balaban J connectivity index is 0.000000667. The van der Waals surface area contributed by atoms with Crippen LogP contribution >= 0.6 is 0 Å². The minimum atomic E-state index is 0. The maximum absolute atomic E-state index is 12.4. The third-order valence-electron chi connectivity index (χ3n) is 3.49. The lowest BCUT2D eigenvalue weighted by atomic mass is 10.0. The molecule has 1 aliphatic carbocycles. The van der Waals surface area contributed by atoms with Crippen molar-refractivity contribution in [3.8, 4) is 0 Å². The highest BCUT2D eigenvalue weighted by atomic mass is 16.1. The zero-order valence-corrected chi connectivity index (χ0v) is 10.9. The van der Waals surface area contributed by atoms with Gasteiger partial charge in [-0.1, -0.05) is 0 Å². The fraction of sp³-hybridized carbons (Fsp3) is 0.500. The minimum Gasteiger partial charge on any atom is -0.365 e. The molecule has 4 aliphatic rings. The number of hydrogen-bond donors (Lipinski definition) is 2. The van der Waals surface area contributed by atoms with Crippen LogP contribution in [0.4, 0.5) is 0 Å². The first-order valence-corrected chi connectivity index (χ1v) is 6.05. The lowest BCUT2D eigenvalue weighted by Gasteiger charge is -2.21. The zero-order chi connectivity index (χ0) is 11.6. The number of ketones is 2. The van der Waals surface area contributed by atoms with E-state index in [2.05, 4.69) is 0 Å². The summed E-state index contributed by atoms with van der Waals surface area (Å²) in [7, 11) is 0. The van der Waals surface area contributed by atoms with Crippen molar-refractivity contribution in [3.05, 3.63) is 23.2 Å². The molecule has 3 saturated heterocycles. The summed E-state index contributed by atoms with van der Waals surface area (Å²) >= 11 is 0. The first-order chi connectivity index (χ1) is 8.25. The van der Waals surface area contributed by atoms with Gasteiger partial charge in [0.1, 0.15) is 11.4 Å². The lowest BCUT2D eigenvalue weighted by molar-refractivity contribution is -0.117. The van der Waals surface area contributed by atoms with E-state index in [9.17, 15) is 9.59 Å². The second kappa shape index (κ2) is 4.36. The van der Waals surface area contributed by atoms with E-state index < -0.39 is 0 Å². The SMILES string of the molecule is N.N.O=C1C=C(N2CC2)C(=O)C(N2CC2)=C1N1CC1. The van der Waals surface area contributed by atoms with Crippen LogP contribution in [0.1, 0.15) is 0 Å². The van der Waals surface area contributed by atoms with E-state index >= 15 is 0 Å². The molecular formula is C12H19N5O2. The molecule has 0 aromatic carbocycles. The summed E-state index contributed by atoms with van der Waals surface area (Å²) in [6.07, 6.45) is 1.52. The van der Waals surface area contributed by atoms with Crippen molar-refractivity contribution in [1.82, 2.24) is 27.0 Å². The molecule has 0 radical (unpaired) electrons. The van der Waals surface area contributed by atoms with Gasteiger partial charge in [0.15, 0.2) is 0 Å². The van der Waals surface area contributed by atoms with Crippen LogP contribution < -0.4 is 12.3 Å². The second-order valence-corrected chi connectivity index (χ2v) is 4.88. The molecule has 7 heteroatoms. The van der Waals surface area contributed by atoms with Gasteiger partial charge in [0, 0.05) is 45.3 Å².